The zero-order valence-electron chi connectivity index (χ0n) is 14.3. The van der Waals surface area contributed by atoms with Gasteiger partial charge < -0.3 is 5.32 Å². The molecule has 0 unspecified atom stereocenters. The molecule has 0 saturated carbocycles. The molecule has 0 aliphatic carbocycles. The van der Waals surface area contributed by atoms with Crippen molar-refractivity contribution in [2.24, 2.45) is 0 Å². The molecule has 1 N–H and O–H groups in total. The highest BCUT2D eigenvalue weighted by Crippen LogP contribution is 2.17. The van der Waals surface area contributed by atoms with Crippen LogP contribution in [-0.2, 0) is 17.9 Å². The number of carbonyl (C=O) groups is 1. The Labute approximate surface area is 144 Å². The molecule has 0 saturated heterocycles. The van der Waals surface area contributed by atoms with Crippen LogP contribution in [0, 0.1) is 12.7 Å². The van der Waals surface area contributed by atoms with Gasteiger partial charge in [-0.3, -0.25) is 13.9 Å². The number of amides is 1. The van der Waals surface area contributed by atoms with Gasteiger partial charge in [-0.2, -0.15) is 0 Å². The van der Waals surface area contributed by atoms with E-state index >= 15 is 0 Å². The van der Waals surface area contributed by atoms with E-state index in [0.717, 1.165) is 16.6 Å². The van der Waals surface area contributed by atoms with Crippen molar-refractivity contribution in [3.05, 3.63) is 64.3 Å². The molecule has 0 aliphatic rings. The van der Waals surface area contributed by atoms with E-state index in [1.807, 2.05) is 31.2 Å². The number of nitrogens with one attached hydrogen (secondary N) is 1. The number of aryl methyl sites for hydroxylation is 3. The van der Waals surface area contributed by atoms with Gasteiger partial charge in [-0.25, -0.2) is 9.18 Å². The quantitative estimate of drug-likeness (QED) is 0.774. The van der Waals surface area contributed by atoms with E-state index in [4.69, 9.17) is 0 Å². The number of aromatic nitrogens is 2. The van der Waals surface area contributed by atoms with Gasteiger partial charge in [0.15, 0.2) is 0 Å². The molecule has 0 atom stereocenters. The molecule has 3 rings (SSSR count). The average molecular weight is 341 g/mol. The number of para-hydroxylation sites is 2. The van der Waals surface area contributed by atoms with Gasteiger partial charge in [0.1, 0.15) is 5.82 Å². The number of hydrogen-bond acceptors (Lipinski definition) is 2. The molecule has 0 fully saturated rings. The maximum atomic E-state index is 13.3. The van der Waals surface area contributed by atoms with Gasteiger partial charge in [0, 0.05) is 25.2 Å². The summed E-state index contributed by atoms with van der Waals surface area (Å²) in [7, 11) is 0. The first-order chi connectivity index (χ1) is 12.0. The number of carbonyl (C=O) groups excluding carboxylic acids is 1. The monoisotopic (exact) mass is 341 g/mol. The maximum Gasteiger partial charge on any atom is 0.329 e. The largest absolute Gasteiger partial charge is 0.329 e. The Hall–Kier alpha value is -2.89. The molecule has 130 valence electrons. The van der Waals surface area contributed by atoms with Crippen molar-refractivity contribution in [3.8, 4) is 0 Å². The van der Waals surface area contributed by atoms with Crippen LogP contribution in [0.3, 0.4) is 0 Å². The first-order valence-electron chi connectivity index (χ1n) is 8.25. The number of anilines is 1. The molecule has 0 spiro atoms. The summed E-state index contributed by atoms with van der Waals surface area (Å²) < 4.78 is 16.6. The molecule has 1 amide bonds. The second-order valence-corrected chi connectivity index (χ2v) is 5.92. The van der Waals surface area contributed by atoms with Gasteiger partial charge >= 0.3 is 5.69 Å². The van der Waals surface area contributed by atoms with Gasteiger partial charge in [-0.1, -0.05) is 18.2 Å². The third-order valence-corrected chi connectivity index (χ3v) is 4.28. The molecule has 3 aromatic rings. The van der Waals surface area contributed by atoms with E-state index in [0.29, 0.717) is 12.2 Å². The summed E-state index contributed by atoms with van der Waals surface area (Å²) in [5.74, 6) is -0.655. The summed E-state index contributed by atoms with van der Waals surface area (Å²) in [5.41, 5.74) is 2.78. The number of nitrogens with zero attached hydrogens (tertiary/aromatic N) is 2. The number of imidazole rings is 1. The number of fused-ring (bicyclic) bond motifs is 1. The van der Waals surface area contributed by atoms with Crippen LogP contribution in [0.4, 0.5) is 10.1 Å². The first kappa shape index (κ1) is 17.0. The van der Waals surface area contributed by atoms with Crippen molar-refractivity contribution < 1.29 is 9.18 Å². The van der Waals surface area contributed by atoms with Crippen LogP contribution in [0.1, 0.15) is 18.9 Å². The van der Waals surface area contributed by atoms with Crippen molar-refractivity contribution in [3.63, 3.8) is 0 Å². The summed E-state index contributed by atoms with van der Waals surface area (Å²) in [6.45, 7) is 4.56. The minimum atomic E-state index is -0.400. The lowest BCUT2D eigenvalue weighted by Gasteiger charge is -2.09. The van der Waals surface area contributed by atoms with Gasteiger partial charge in [0.2, 0.25) is 5.91 Å². The molecule has 6 heteroatoms. The Morgan fingerprint density at radius 3 is 2.48 bits per heavy atom. The van der Waals surface area contributed by atoms with Crippen molar-refractivity contribution in [1.29, 1.82) is 0 Å². The smallest absolute Gasteiger partial charge is 0.326 e. The molecule has 2 aromatic carbocycles. The molecular formula is C19H20FN3O2. The summed E-state index contributed by atoms with van der Waals surface area (Å²) in [4.78, 5) is 24.8. The molecule has 0 aliphatic heterocycles. The molecule has 25 heavy (non-hydrogen) atoms. The zero-order chi connectivity index (χ0) is 18.0. The summed E-state index contributed by atoms with van der Waals surface area (Å²) in [6, 6.07) is 11.8. The van der Waals surface area contributed by atoms with Crippen LogP contribution < -0.4 is 11.0 Å². The second-order valence-electron chi connectivity index (χ2n) is 5.92. The Morgan fingerprint density at radius 2 is 1.80 bits per heavy atom. The Bertz CT molecular complexity index is 988. The SMILES string of the molecule is CCn1c(=O)n(CCC(=O)Nc2cc(F)ccc2C)c2ccccc21. The highest BCUT2D eigenvalue weighted by Gasteiger charge is 2.13. The molecule has 0 bridgehead atoms. The van der Waals surface area contributed by atoms with Crippen LogP contribution in [-0.4, -0.2) is 15.0 Å². The van der Waals surface area contributed by atoms with Crippen LogP contribution in [0.25, 0.3) is 11.0 Å². The molecule has 5 nitrogen and oxygen atoms in total. The topological polar surface area (TPSA) is 56.0 Å². The third kappa shape index (κ3) is 3.33. The van der Waals surface area contributed by atoms with Gasteiger partial charge in [0.25, 0.3) is 0 Å². The van der Waals surface area contributed by atoms with Crippen molar-refractivity contribution >= 4 is 22.6 Å². The van der Waals surface area contributed by atoms with Gasteiger partial charge in [0.05, 0.1) is 11.0 Å². The molecular weight excluding hydrogens is 321 g/mol. The Balaban J connectivity index is 1.79. The minimum absolute atomic E-state index is 0.126. The van der Waals surface area contributed by atoms with Crippen LogP contribution >= 0.6 is 0 Å². The lowest BCUT2D eigenvalue weighted by Crippen LogP contribution is -2.25. The van der Waals surface area contributed by atoms with Crippen molar-refractivity contribution in [2.75, 3.05) is 5.32 Å². The Kier molecular flexibility index (Phi) is 4.70. The number of halogens is 1. The van der Waals surface area contributed by atoms with Crippen LogP contribution in [0.15, 0.2) is 47.3 Å². The second kappa shape index (κ2) is 6.93. The predicted molar refractivity (Wildman–Crippen MR) is 96.3 cm³/mol. The third-order valence-electron chi connectivity index (χ3n) is 4.28. The van der Waals surface area contributed by atoms with Crippen LogP contribution in [0.2, 0.25) is 0 Å². The van der Waals surface area contributed by atoms with Crippen molar-refractivity contribution in [1.82, 2.24) is 9.13 Å². The van der Waals surface area contributed by atoms with Crippen molar-refractivity contribution in [2.45, 2.75) is 33.4 Å². The van der Waals surface area contributed by atoms with E-state index in [1.54, 1.807) is 22.1 Å². The highest BCUT2D eigenvalue weighted by molar-refractivity contribution is 5.91. The number of benzene rings is 2. The normalized spacial score (nSPS) is 11.0. The predicted octanol–water partition coefficient (Wildman–Crippen LogP) is 3.30. The zero-order valence-corrected chi connectivity index (χ0v) is 14.3. The van der Waals surface area contributed by atoms with Crippen LogP contribution in [0.5, 0.6) is 0 Å². The molecule has 1 aromatic heterocycles. The fraction of sp³-hybridized carbons (Fsp3) is 0.263. The molecule has 0 radical (unpaired) electrons. The van der Waals surface area contributed by atoms with E-state index in [2.05, 4.69) is 5.32 Å². The average Bonchev–Trinajstić information content (AvgIpc) is 2.87. The summed E-state index contributed by atoms with van der Waals surface area (Å²) in [5, 5.41) is 2.71. The number of rotatable bonds is 5. The minimum Gasteiger partial charge on any atom is -0.326 e. The highest BCUT2D eigenvalue weighted by atomic mass is 19.1. The summed E-state index contributed by atoms with van der Waals surface area (Å²) in [6.07, 6.45) is 0.133. The lowest BCUT2D eigenvalue weighted by atomic mass is 10.2. The van der Waals surface area contributed by atoms with Gasteiger partial charge in [-0.15, -0.1) is 0 Å². The standard InChI is InChI=1S/C19H20FN3O2/c1-3-22-16-6-4-5-7-17(16)23(19(22)25)11-10-18(24)21-15-12-14(20)9-8-13(15)2/h4-9,12H,3,10-11H2,1-2H3,(H,21,24). The van der Waals surface area contributed by atoms with E-state index in [1.165, 1.54) is 12.1 Å². The fourth-order valence-corrected chi connectivity index (χ4v) is 2.95. The first-order valence-corrected chi connectivity index (χ1v) is 8.25. The lowest BCUT2D eigenvalue weighted by molar-refractivity contribution is -0.116. The van der Waals surface area contributed by atoms with E-state index in [-0.39, 0.29) is 24.6 Å². The maximum absolute atomic E-state index is 13.3. The Morgan fingerprint density at radius 1 is 1.12 bits per heavy atom. The van der Waals surface area contributed by atoms with E-state index in [9.17, 15) is 14.0 Å². The molecule has 1 heterocycles. The summed E-state index contributed by atoms with van der Waals surface area (Å²) >= 11 is 0. The van der Waals surface area contributed by atoms with E-state index < -0.39 is 5.82 Å². The fourth-order valence-electron chi connectivity index (χ4n) is 2.95. The number of hydrogen-bond donors (Lipinski definition) is 1. The van der Waals surface area contributed by atoms with Gasteiger partial charge in [-0.05, 0) is 43.7 Å².